The maximum atomic E-state index is 12.0. The largest absolute Gasteiger partial charge is 0.508 e. The van der Waals surface area contributed by atoms with Gasteiger partial charge in [-0.2, -0.15) is 0 Å². The van der Waals surface area contributed by atoms with Gasteiger partial charge in [0.25, 0.3) is 0 Å². The molecule has 106 valence electrons. The monoisotopic (exact) mass is 266 g/mol. The number of carbonyl (C=O) groups excluding carboxylic acids is 1. The summed E-state index contributed by atoms with van der Waals surface area (Å²) < 4.78 is 4.82. The molecule has 0 aromatic heterocycles. The average Bonchev–Trinajstić information content (AvgIpc) is 2.38. The second-order valence-electron chi connectivity index (χ2n) is 5.07. The molecule has 0 bridgehead atoms. The van der Waals surface area contributed by atoms with E-state index in [1.165, 1.54) is 19.2 Å². The third kappa shape index (κ3) is 3.07. The molecule has 4 heteroatoms. The number of ether oxygens (including phenoxy) is 1. The van der Waals surface area contributed by atoms with Gasteiger partial charge in [-0.3, -0.25) is 4.79 Å². The van der Waals surface area contributed by atoms with E-state index in [-0.39, 0.29) is 11.7 Å². The van der Waals surface area contributed by atoms with E-state index < -0.39 is 17.5 Å². The number of aromatic hydroxyl groups is 1. The van der Waals surface area contributed by atoms with Gasteiger partial charge in [0.2, 0.25) is 0 Å². The molecule has 2 N–H and O–H groups in total. The molecule has 1 aromatic rings. The molecule has 19 heavy (non-hydrogen) atoms. The van der Waals surface area contributed by atoms with Crippen LogP contribution in [0.5, 0.6) is 5.75 Å². The van der Waals surface area contributed by atoms with Crippen LogP contribution in [0.25, 0.3) is 0 Å². The lowest BCUT2D eigenvalue weighted by Crippen LogP contribution is -2.43. The quantitative estimate of drug-likeness (QED) is 0.803. The maximum Gasteiger partial charge on any atom is 0.312 e. The molecule has 2 unspecified atom stereocenters. The summed E-state index contributed by atoms with van der Waals surface area (Å²) in [4.78, 5) is 12.0. The maximum absolute atomic E-state index is 12.0. The van der Waals surface area contributed by atoms with Crippen LogP contribution >= 0.6 is 0 Å². The average molecular weight is 266 g/mol. The zero-order chi connectivity index (χ0) is 14.6. The SMILES string of the molecule is CCC(O)(c1ccc(O)cc1)C(C(=O)OC)C(C)C. The summed E-state index contributed by atoms with van der Waals surface area (Å²) in [6.45, 7) is 5.58. The minimum Gasteiger partial charge on any atom is -0.508 e. The summed E-state index contributed by atoms with van der Waals surface area (Å²) in [6, 6.07) is 6.28. The molecule has 0 amide bonds. The summed E-state index contributed by atoms with van der Waals surface area (Å²) in [7, 11) is 1.32. The first-order valence-corrected chi connectivity index (χ1v) is 6.46. The van der Waals surface area contributed by atoms with Crippen LogP contribution in [0.4, 0.5) is 0 Å². The highest BCUT2D eigenvalue weighted by atomic mass is 16.5. The third-order valence-electron chi connectivity index (χ3n) is 3.54. The van der Waals surface area contributed by atoms with Crippen molar-refractivity contribution in [3.8, 4) is 5.75 Å². The standard InChI is InChI=1S/C15H22O4/c1-5-15(18,11-6-8-12(16)9-7-11)13(10(2)3)14(17)19-4/h6-10,13,16,18H,5H2,1-4H3. The number of phenolic OH excluding ortho intramolecular Hbond substituents is 1. The lowest BCUT2D eigenvalue weighted by atomic mass is 9.73. The van der Waals surface area contributed by atoms with Crippen LogP contribution in [0.3, 0.4) is 0 Å². The Morgan fingerprint density at radius 1 is 1.32 bits per heavy atom. The molecule has 1 aromatic carbocycles. The van der Waals surface area contributed by atoms with Crippen molar-refractivity contribution in [2.75, 3.05) is 7.11 Å². The molecule has 0 aliphatic heterocycles. The number of aliphatic hydroxyl groups is 1. The van der Waals surface area contributed by atoms with Crippen LogP contribution in [-0.4, -0.2) is 23.3 Å². The smallest absolute Gasteiger partial charge is 0.312 e. The number of hydrogen-bond acceptors (Lipinski definition) is 4. The lowest BCUT2D eigenvalue weighted by Gasteiger charge is -2.36. The van der Waals surface area contributed by atoms with Crippen LogP contribution in [0.1, 0.15) is 32.8 Å². The first-order chi connectivity index (χ1) is 8.86. The second-order valence-corrected chi connectivity index (χ2v) is 5.07. The van der Waals surface area contributed by atoms with Crippen molar-refractivity contribution in [1.29, 1.82) is 0 Å². The van der Waals surface area contributed by atoms with Gasteiger partial charge in [-0.05, 0) is 30.0 Å². The minimum atomic E-state index is -1.30. The van der Waals surface area contributed by atoms with E-state index in [9.17, 15) is 15.0 Å². The molecular weight excluding hydrogens is 244 g/mol. The topological polar surface area (TPSA) is 66.8 Å². The van der Waals surface area contributed by atoms with E-state index >= 15 is 0 Å². The molecule has 0 saturated carbocycles. The summed E-state index contributed by atoms with van der Waals surface area (Å²) >= 11 is 0. The summed E-state index contributed by atoms with van der Waals surface area (Å²) in [5.41, 5.74) is -0.688. The van der Waals surface area contributed by atoms with Gasteiger partial charge in [-0.15, -0.1) is 0 Å². The van der Waals surface area contributed by atoms with Crippen molar-refractivity contribution >= 4 is 5.97 Å². The highest BCUT2D eigenvalue weighted by Gasteiger charge is 2.44. The Labute approximate surface area is 114 Å². The zero-order valence-corrected chi connectivity index (χ0v) is 11.9. The predicted molar refractivity (Wildman–Crippen MR) is 72.6 cm³/mol. The molecule has 0 fully saturated rings. The van der Waals surface area contributed by atoms with E-state index in [1.807, 2.05) is 20.8 Å². The molecule has 0 spiro atoms. The fraction of sp³-hybridized carbons (Fsp3) is 0.533. The fourth-order valence-corrected chi connectivity index (χ4v) is 2.50. The summed E-state index contributed by atoms with van der Waals surface area (Å²) in [5.74, 6) is -1.01. The molecule has 2 atom stereocenters. The van der Waals surface area contributed by atoms with Gasteiger partial charge < -0.3 is 14.9 Å². The Morgan fingerprint density at radius 2 is 1.84 bits per heavy atom. The van der Waals surface area contributed by atoms with Crippen molar-refractivity contribution in [3.63, 3.8) is 0 Å². The fourth-order valence-electron chi connectivity index (χ4n) is 2.50. The van der Waals surface area contributed by atoms with Gasteiger partial charge in [-0.25, -0.2) is 0 Å². The van der Waals surface area contributed by atoms with Crippen LogP contribution < -0.4 is 0 Å². The number of rotatable bonds is 5. The Kier molecular flexibility index (Phi) is 4.95. The van der Waals surface area contributed by atoms with Crippen LogP contribution in [0.2, 0.25) is 0 Å². The van der Waals surface area contributed by atoms with Crippen molar-refractivity contribution in [2.45, 2.75) is 32.8 Å². The number of hydrogen-bond donors (Lipinski definition) is 2. The highest BCUT2D eigenvalue weighted by Crippen LogP contribution is 2.38. The third-order valence-corrected chi connectivity index (χ3v) is 3.54. The van der Waals surface area contributed by atoms with E-state index in [2.05, 4.69) is 0 Å². The predicted octanol–water partition coefficient (Wildman–Crippen LogP) is 2.44. The highest BCUT2D eigenvalue weighted by molar-refractivity contribution is 5.74. The van der Waals surface area contributed by atoms with Gasteiger partial charge in [0.1, 0.15) is 11.4 Å². The van der Waals surface area contributed by atoms with Gasteiger partial charge in [0.05, 0.1) is 13.0 Å². The number of carbonyl (C=O) groups is 1. The van der Waals surface area contributed by atoms with Gasteiger partial charge in [0, 0.05) is 0 Å². The lowest BCUT2D eigenvalue weighted by molar-refractivity contribution is -0.161. The normalized spacial score (nSPS) is 15.9. The zero-order valence-electron chi connectivity index (χ0n) is 11.9. The molecular formula is C15H22O4. The Bertz CT molecular complexity index is 424. The van der Waals surface area contributed by atoms with Crippen molar-refractivity contribution in [1.82, 2.24) is 0 Å². The molecule has 4 nitrogen and oxygen atoms in total. The van der Waals surface area contributed by atoms with Crippen LogP contribution in [0.15, 0.2) is 24.3 Å². The Hall–Kier alpha value is -1.55. The number of phenols is 1. The van der Waals surface area contributed by atoms with Crippen molar-refractivity contribution < 1.29 is 19.7 Å². The number of benzene rings is 1. The molecule has 0 aliphatic rings. The van der Waals surface area contributed by atoms with Gasteiger partial charge in [0.15, 0.2) is 0 Å². The van der Waals surface area contributed by atoms with E-state index in [0.29, 0.717) is 12.0 Å². The number of esters is 1. The molecule has 0 saturated heterocycles. The van der Waals surface area contributed by atoms with Gasteiger partial charge in [-0.1, -0.05) is 32.9 Å². The Morgan fingerprint density at radius 3 is 2.21 bits per heavy atom. The minimum absolute atomic E-state index is 0.0637. The van der Waals surface area contributed by atoms with Crippen LogP contribution in [-0.2, 0) is 15.1 Å². The second kappa shape index (κ2) is 6.06. The molecule has 0 aliphatic carbocycles. The van der Waals surface area contributed by atoms with Gasteiger partial charge >= 0.3 is 5.97 Å². The van der Waals surface area contributed by atoms with Crippen LogP contribution in [0, 0.1) is 11.8 Å². The molecule has 0 radical (unpaired) electrons. The first kappa shape index (κ1) is 15.5. The van der Waals surface area contributed by atoms with Crippen molar-refractivity contribution in [3.05, 3.63) is 29.8 Å². The van der Waals surface area contributed by atoms with E-state index in [1.54, 1.807) is 12.1 Å². The first-order valence-electron chi connectivity index (χ1n) is 6.46. The van der Waals surface area contributed by atoms with E-state index in [4.69, 9.17) is 4.74 Å². The summed E-state index contributed by atoms with van der Waals surface area (Å²) in [5, 5.41) is 20.3. The Balaban J connectivity index is 3.26. The van der Waals surface area contributed by atoms with E-state index in [0.717, 1.165) is 0 Å². The number of methoxy groups -OCH3 is 1. The molecule has 0 heterocycles. The summed E-state index contributed by atoms with van der Waals surface area (Å²) in [6.07, 6.45) is 0.385. The molecule has 1 rings (SSSR count). The van der Waals surface area contributed by atoms with Crippen molar-refractivity contribution in [2.24, 2.45) is 11.8 Å².